The van der Waals surface area contributed by atoms with Crippen LogP contribution in [0.4, 0.5) is 10.1 Å². The Bertz CT molecular complexity index is 736. The average molecular weight is 314 g/mol. The van der Waals surface area contributed by atoms with Crippen LogP contribution in [0.25, 0.3) is 0 Å². The first-order valence-corrected chi connectivity index (χ1v) is 7.70. The molecular formula is C17H19FN4O. The lowest BCUT2D eigenvalue weighted by Crippen LogP contribution is -2.38. The molecule has 1 aromatic carbocycles. The maximum absolute atomic E-state index is 13.8. The van der Waals surface area contributed by atoms with Gasteiger partial charge in [-0.2, -0.15) is 5.26 Å². The lowest BCUT2D eigenvalue weighted by molar-refractivity contribution is 0.0875. The number of imidazole rings is 1. The number of hydrogen-bond donors (Lipinski definition) is 1. The SMILES string of the molecule is Cn1ccnc1C(O)C1CCCN(c2cccc(F)c2C#N)C1. The number of hydrogen-bond acceptors (Lipinski definition) is 4. The van der Waals surface area contributed by atoms with Gasteiger partial charge < -0.3 is 14.6 Å². The first kappa shape index (κ1) is 15.5. The number of benzene rings is 1. The van der Waals surface area contributed by atoms with Crippen molar-refractivity contribution in [1.29, 1.82) is 5.26 Å². The maximum Gasteiger partial charge on any atom is 0.143 e. The van der Waals surface area contributed by atoms with E-state index in [4.69, 9.17) is 0 Å². The quantitative estimate of drug-likeness (QED) is 0.944. The van der Waals surface area contributed by atoms with Gasteiger partial charge in [0.25, 0.3) is 0 Å². The Labute approximate surface area is 134 Å². The summed E-state index contributed by atoms with van der Waals surface area (Å²) in [6, 6.07) is 6.62. The van der Waals surface area contributed by atoms with Gasteiger partial charge >= 0.3 is 0 Å². The molecule has 3 rings (SSSR count). The van der Waals surface area contributed by atoms with Crippen LogP contribution in [0.5, 0.6) is 0 Å². The van der Waals surface area contributed by atoms with Crippen molar-refractivity contribution in [3.05, 3.63) is 47.8 Å². The molecule has 1 fully saturated rings. The van der Waals surface area contributed by atoms with Crippen molar-refractivity contribution in [2.24, 2.45) is 13.0 Å². The summed E-state index contributed by atoms with van der Waals surface area (Å²) in [5, 5.41) is 19.8. The molecule has 1 aliphatic heterocycles. The molecule has 2 atom stereocenters. The van der Waals surface area contributed by atoms with Gasteiger partial charge in [-0.25, -0.2) is 9.37 Å². The van der Waals surface area contributed by atoms with E-state index in [2.05, 4.69) is 4.98 Å². The van der Waals surface area contributed by atoms with Gasteiger partial charge in [-0.15, -0.1) is 0 Å². The van der Waals surface area contributed by atoms with Gasteiger partial charge in [0, 0.05) is 38.4 Å². The molecule has 1 aromatic heterocycles. The number of anilines is 1. The molecular weight excluding hydrogens is 295 g/mol. The highest BCUT2D eigenvalue weighted by Crippen LogP contribution is 2.32. The number of halogens is 1. The van der Waals surface area contributed by atoms with Crippen LogP contribution in [0, 0.1) is 23.1 Å². The number of nitriles is 1. The molecule has 2 aromatic rings. The van der Waals surface area contributed by atoms with Crippen molar-refractivity contribution in [1.82, 2.24) is 9.55 Å². The lowest BCUT2D eigenvalue weighted by Gasteiger charge is -2.36. The van der Waals surface area contributed by atoms with Gasteiger partial charge in [0.15, 0.2) is 0 Å². The van der Waals surface area contributed by atoms with Crippen LogP contribution < -0.4 is 4.90 Å². The summed E-state index contributed by atoms with van der Waals surface area (Å²) >= 11 is 0. The fraction of sp³-hybridized carbons (Fsp3) is 0.412. The Balaban J connectivity index is 1.83. The number of aryl methyl sites for hydroxylation is 1. The molecule has 120 valence electrons. The van der Waals surface area contributed by atoms with E-state index >= 15 is 0 Å². The summed E-state index contributed by atoms with van der Waals surface area (Å²) in [5.41, 5.74) is 0.670. The highest BCUT2D eigenvalue weighted by Gasteiger charge is 2.30. The second-order valence-electron chi connectivity index (χ2n) is 5.94. The molecule has 0 saturated carbocycles. The Kier molecular flexibility index (Phi) is 4.30. The maximum atomic E-state index is 13.8. The molecule has 1 N–H and O–H groups in total. The molecule has 5 nitrogen and oxygen atoms in total. The highest BCUT2D eigenvalue weighted by molar-refractivity contribution is 5.60. The average Bonchev–Trinajstić information content (AvgIpc) is 3.00. The summed E-state index contributed by atoms with van der Waals surface area (Å²) in [5.74, 6) is 0.132. The highest BCUT2D eigenvalue weighted by atomic mass is 19.1. The molecule has 0 radical (unpaired) electrons. The second-order valence-corrected chi connectivity index (χ2v) is 5.94. The Morgan fingerprint density at radius 1 is 1.48 bits per heavy atom. The molecule has 0 spiro atoms. The number of piperidine rings is 1. The molecule has 6 heteroatoms. The van der Waals surface area contributed by atoms with E-state index in [1.165, 1.54) is 6.07 Å². The minimum Gasteiger partial charge on any atom is -0.385 e. The molecule has 0 aliphatic carbocycles. The fourth-order valence-corrected chi connectivity index (χ4v) is 3.25. The first-order chi connectivity index (χ1) is 11.1. The van der Waals surface area contributed by atoms with E-state index in [0.29, 0.717) is 18.1 Å². The van der Waals surface area contributed by atoms with Crippen molar-refractivity contribution in [3.8, 4) is 6.07 Å². The normalized spacial score (nSPS) is 19.4. The molecule has 2 heterocycles. The van der Waals surface area contributed by atoms with Crippen molar-refractivity contribution >= 4 is 5.69 Å². The third-order valence-electron chi connectivity index (χ3n) is 4.47. The van der Waals surface area contributed by atoms with Crippen molar-refractivity contribution in [2.45, 2.75) is 18.9 Å². The van der Waals surface area contributed by atoms with Crippen LogP contribution >= 0.6 is 0 Å². The summed E-state index contributed by atoms with van der Waals surface area (Å²) in [4.78, 5) is 6.21. The van der Waals surface area contributed by atoms with Gasteiger partial charge in [0.2, 0.25) is 0 Å². The zero-order chi connectivity index (χ0) is 16.4. The second kappa shape index (κ2) is 6.39. The van der Waals surface area contributed by atoms with Gasteiger partial charge in [-0.05, 0) is 25.0 Å². The van der Waals surface area contributed by atoms with Crippen molar-refractivity contribution in [3.63, 3.8) is 0 Å². The van der Waals surface area contributed by atoms with Crippen LogP contribution in [0.2, 0.25) is 0 Å². The molecule has 23 heavy (non-hydrogen) atoms. The van der Waals surface area contributed by atoms with Crippen LogP contribution in [-0.2, 0) is 7.05 Å². The van der Waals surface area contributed by atoms with E-state index in [9.17, 15) is 14.8 Å². The van der Waals surface area contributed by atoms with Crippen molar-refractivity contribution < 1.29 is 9.50 Å². The van der Waals surface area contributed by atoms with Crippen LogP contribution in [0.1, 0.15) is 30.3 Å². The third-order valence-corrected chi connectivity index (χ3v) is 4.47. The summed E-state index contributed by atoms with van der Waals surface area (Å²) in [6.45, 7) is 1.33. The summed E-state index contributed by atoms with van der Waals surface area (Å²) in [6.07, 6.45) is 4.56. The molecule has 1 saturated heterocycles. The monoisotopic (exact) mass is 314 g/mol. The number of aromatic nitrogens is 2. The molecule has 0 bridgehead atoms. The van der Waals surface area contributed by atoms with E-state index in [0.717, 1.165) is 19.4 Å². The molecule has 0 amide bonds. The predicted octanol–water partition coefficient (Wildman–Crippen LogP) is 2.38. The zero-order valence-corrected chi connectivity index (χ0v) is 13.0. The first-order valence-electron chi connectivity index (χ1n) is 7.70. The molecule has 2 unspecified atom stereocenters. The smallest absolute Gasteiger partial charge is 0.143 e. The Hall–Kier alpha value is -2.39. The van der Waals surface area contributed by atoms with Gasteiger partial charge in [-0.1, -0.05) is 6.07 Å². The summed E-state index contributed by atoms with van der Waals surface area (Å²) in [7, 11) is 1.85. The topological polar surface area (TPSA) is 65.1 Å². The number of aliphatic hydroxyl groups is 1. The van der Waals surface area contributed by atoms with E-state index in [1.807, 2.05) is 22.6 Å². The Morgan fingerprint density at radius 2 is 2.30 bits per heavy atom. The third kappa shape index (κ3) is 2.92. The van der Waals surface area contributed by atoms with Gasteiger partial charge in [0.05, 0.1) is 5.69 Å². The van der Waals surface area contributed by atoms with E-state index < -0.39 is 11.9 Å². The van der Waals surface area contributed by atoms with Crippen LogP contribution in [0.15, 0.2) is 30.6 Å². The predicted molar refractivity (Wildman–Crippen MR) is 84.2 cm³/mol. The molecule has 1 aliphatic rings. The minimum absolute atomic E-state index is 0.000315. The van der Waals surface area contributed by atoms with Gasteiger partial charge in [-0.3, -0.25) is 0 Å². The van der Waals surface area contributed by atoms with Crippen LogP contribution in [-0.4, -0.2) is 27.7 Å². The van der Waals surface area contributed by atoms with Crippen molar-refractivity contribution in [2.75, 3.05) is 18.0 Å². The van der Waals surface area contributed by atoms with Gasteiger partial charge in [0.1, 0.15) is 29.4 Å². The number of rotatable bonds is 3. The minimum atomic E-state index is -0.670. The lowest BCUT2D eigenvalue weighted by atomic mass is 9.91. The largest absolute Gasteiger partial charge is 0.385 e. The number of aliphatic hydroxyl groups excluding tert-OH is 1. The van der Waals surface area contributed by atoms with E-state index in [-0.39, 0.29) is 11.5 Å². The Morgan fingerprint density at radius 3 is 3.00 bits per heavy atom. The summed E-state index contributed by atoms with van der Waals surface area (Å²) < 4.78 is 15.6. The van der Waals surface area contributed by atoms with E-state index in [1.54, 1.807) is 24.5 Å². The van der Waals surface area contributed by atoms with Crippen LogP contribution in [0.3, 0.4) is 0 Å². The standard InChI is InChI=1S/C17H19FN4O/c1-21-9-7-20-17(21)16(23)12-4-3-8-22(11-12)15-6-2-5-14(18)13(15)10-19/h2,5-7,9,12,16,23H,3-4,8,11H2,1H3. The zero-order valence-electron chi connectivity index (χ0n) is 13.0. The number of nitrogens with zero attached hydrogens (tertiary/aromatic N) is 4. The fourth-order valence-electron chi connectivity index (χ4n) is 3.25.